The van der Waals surface area contributed by atoms with Gasteiger partial charge in [-0.3, -0.25) is 9.78 Å². The smallest absolute Gasteiger partial charge is 0.222 e. The molecule has 7 aromatic heterocycles. The normalized spacial score (nSPS) is 12.6. The second-order valence-electron chi connectivity index (χ2n) is 15.3. The summed E-state index contributed by atoms with van der Waals surface area (Å²) in [5.41, 5.74) is 7.99. The number of fused-ring (bicyclic) bond motifs is 2. The zero-order valence-corrected chi connectivity index (χ0v) is 35.1. The van der Waals surface area contributed by atoms with E-state index in [1.165, 1.54) is 19.3 Å². The molecule has 322 valence electrons. The van der Waals surface area contributed by atoms with Gasteiger partial charge in [0.15, 0.2) is 22.9 Å². The van der Waals surface area contributed by atoms with Gasteiger partial charge in [-0.1, -0.05) is 43.5 Å². The van der Waals surface area contributed by atoms with Crippen molar-refractivity contribution in [3.8, 4) is 51.6 Å². The highest BCUT2D eigenvalue weighted by atomic mass is 16.5. The van der Waals surface area contributed by atoms with Gasteiger partial charge in [0.1, 0.15) is 54.2 Å². The maximum atomic E-state index is 12.2. The van der Waals surface area contributed by atoms with E-state index in [1.54, 1.807) is 27.5 Å². The summed E-state index contributed by atoms with van der Waals surface area (Å²) < 4.78 is 15.2. The number of benzene rings is 2. The van der Waals surface area contributed by atoms with Crippen LogP contribution < -0.4 is 9.47 Å². The fourth-order valence-corrected chi connectivity index (χ4v) is 6.54. The number of nitrogens with one attached hydrogen (secondary N) is 1. The molecule has 2 aliphatic rings. The number of aldehydes is 1. The average molecular weight is 864 g/mol. The highest BCUT2D eigenvalue weighted by Gasteiger charge is 2.30. The monoisotopic (exact) mass is 863 g/mol. The largest absolute Gasteiger partial charge is 0.489 e. The van der Waals surface area contributed by atoms with E-state index in [0.29, 0.717) is 54.1 Å². The first-order chi connectivity index (χ1) is 32.0. The maximum Gasteiger partial charge on any atom is 0.222 e. The van der Waals surface area contributed by atoms with Crippen LogP contribution in [0.4, 0.5) is 0 Å². The van der Waals surface area contributed by atoms with Crippen LogP contribution in [0.5, 0.6) is 11.5 Å². The number of ketones is 1. The van der Waals surface area contributed by atoms with Crippen molar-refractivity contribution in [2.45, 2.75) is 58.2 Å². The van der Waals surface area contributed by atoms with Crippen LogP contribution in [-0.4, -0.2) is 71.9 Å². The lowest BCUT2D eigenvalue weighted by atomic mass is 10.1. The summed E-state index contributed by atoms with van der Waals surface area (Å²) in [6, 6.07) is 36.2. The van der Waals surface area contributed by atoms with Gasteiger partial charge in [-0.25, -0.2) is 24.0 Å². The molecule has 2 saturated carbocycles. The van der Waals surface area contributed by atoms with Gasteiger partial charge in [0, 0.05) is 40.6 Å². The van der Waals surface area contributed by atoms with Crippen molar-refractivity contribution in [1.82, 2.24) is 59.8 Å². The molecular weight excluding hydrogens is 823 g/mol. The van der Waals surface area contributed by atoms with Crippen molar-refractivity contribution in [3.63, 3.8) is 0 Å². The molecule has 0 saturated heterocycles. The SMILES string of the molecule is C1CC1.N#Cc1ccc(COc2ccc(-c3cccc4nc(CC=O)nn34)cc2)cn1.O=C(Cc1nc2cccc(-c3ccc(OCc4ccc(-c5nn[nH]n5)nc4)cc3)n2n1)C1CC1. The highest BCUT2D eigenvalue weighted by Crippen LogP contribution is 2.31. The molecule has 0 amide bonds. The second kappa shape index (κ2) is 19.7. The van der Waals surface area contributed by atoms with Crippen molar-refractivity contribution < 1.29 is 19.1 Å². The van der Waals surface area contributed by atoms with Gasteiger partial charge in [-0.05, 0) is 103 Å². The number of carbonyl (C=O) groups is 2. The average Bonchev–Trinajstić information content (AvgIpc) is 4.28. The number of hydrogen-bond acceptors (Lipinski definition) is 14. The molecule has 17 heteroatoms. The Morgan fingerprint density at radius 3 is 1.80 bits per heavy atom. The number of Topliss-reactive ketones (excluding diaryl/α,β-unsaturated/α-hetero) is 1. The Balaban J connectivity index is 0.000000157. The lowest BCUT2D eigenvalue weighted by Crippen LogP contribution is -2.06. The van der Waals surface area contributed by atoms with Gasteiger partial charge >= 0.3 is 0 Å². The number of hydrogen-bond donors (Lipinski definition) is 1. The minimum atomic E-state index is 0.193. The van der Waals surface area contributed by atoms with Crippen molar-refractivity contribution in [1.29, 1.82) is 5.26 Å². The Hall–Kier alpha value is -8.52. The molecule has 2 fully saturated rings. The molecule has 0 aliphatic heterocycles. The third kappa shape index (κ3) is 10.8. The van der Waals surface area contributed by atoms with Crippen LogP contribution in [-0.2, 0) is 35.6 Å². The fourth-order valence-electron chi connectivity index (χ4n) is 6.54. The molecule has 9 aromatic rings. The first-order valence-corrected chi connectivity index (χ1v) is 21.2. The molecule has 11 rings (SSSR count). The van der Waals surface area contributed by atoms with E-state index in [0.717, 1.165) is 69.9 Å². The quantitative estimate of drug-likeness (QED) is 0.107. The lowest BCUT2D eigenvalue weighted by molar-refractivity contribution is -0.119. The number of rotatable bonds is 14. The number of aromatic amines is 1. The van der Waals surface area contributed by atoms with Gasteiger partial charge in [0.2, 0.25) is 5.82 Å². The fraction of sp³-hybridized carbons (Fsp3) is 0.208. The third-order valence-corrected chi connectivity index (χ3v) is 10.2. The number of nitrogens with zero attached hydrogens (tertiary/aromatic N) is 12. The number of tetrazole rings is 1. The van der Waals surface area contributed by atoms with Crippen LogP contribution in [0.2, 0.25) is 0 Å². The molecule has 17 nitrogen and oxygen atoms in total. The van der Waals surface area contributed by atoms with Crippen LogP contribution in [0.1, 0.15) is 60.6 Å². The Labute approximate surface area is 372 Å². The highest BCUT2D eigenvalue weighted by molar-refractivity contribution is 5.84. The number of carbonyl (C=O) groups excluding carboxylic acids is 2. The third-order valence-electron chi connectivity index (χ3n) is 10.2. The number of pyridine rings is 4. The molecule has 65 heavy (non-hydrogen) atoms. The molecule has 0 unspecified atom stereocenters. The Bertz CT molecular complexity index is 3060. The summed E-state index contributed by atoms with van der Waals surface area (Å²) in [5, 5.41) is 31.6. The van der Waals surface area contributed by atoms with E-state index < -0.39 is 0 Å². The minimum Gasteiger partial charge on any atom is -0.489 e. The van der Waals surface area contributed by atoms with E-state index in [4.69, 9.17) is 14.7 Å². The number of aromatic nitrogens is 12. The maximum absolute atomic E-state index is 12.2. The molecular formula is C48H41N13O4. The van der Waals surface area contributed by atoms with E-state index in [9.17, 15) is 9.59 Å². The van der Waals surface area contributed by atoms with Crippen molar-refractivity contribution in [3.05, 3.63) is 150 Å². The van der Waals surface area contributed by atoms with Crippen molar-refractivity contribution in [2.24, 2.45) is 5.92 Å². The molecule has 0 bridgehead atoms. The Kier molecular flexibility index (Phi) is 12.7. The van der Waals surface area contributed by atoms with Gasteiger partial charge in [-0.2, -0.15) is 20.7 Å². The molecule has 2 aliphatic carbocycles. The molecule has 0 radical (unpaired) electrons. The lowest BCUT2D eigenvalue weighted by Gasteiger charge is -2.08. The topological polar surface area (TPSA) is 217 Å². The minimum absolute atomic E-state index is 0.193. The van der Waals surface area contributed by atoms with Crippen LogP contribution in [0.25, 0.3) is 45.3 Å². The molecule has 0 spiro atoms. The van der Waals surface area contributed by atoms with Gasteiger partial charge in [0.25, 0.3) is 0 Å². The molecule has 0 atom stereocenters. The number of nitriles is 1. The van der Waals surface area contributed by atoms with Crippen LogP contribution in [0.3, 0.4) is 0 Å². The summed E-state index contributed by atoms with van der Waals surface area (Å²) in [6.45, 7) is 0.752. The van der Waals surface area contributed by atoms with E-state index >= 15 is 0 Å². The van der Waals surface area contributed by atoms with Gasteiger partial charge in [-0.15, -0.1) is 10.2 Å². The summed E-state index contributed by atoms with van der Waals surface area (Å²) in [5.74, 6) is 3.43. The zero-order chi connectivity index (χ0) is 44.4. The molecule has 1 N–H and O–H groups in total. The van der Waals surface area contributed by atoms with Gasteiger partial charge < -0.3 is 14.3 Å². The summed E-state index contributed by atoms with van der Waals surface area (Å²) in [4.78, 5) is 40.1. The summed E-state index contributed by atoms with van der Waals surface area (Å²) in [6.07, 6.45) is 11.1. The van der Waals surface area contributed by atoms with Crippen LogP contribution in [0, 0.1) is 17.2 Å². The zero-order valence-electron chi connectivity index (χ0n) is 35.1. The standard InChI is InChI=1S/C24H20N8O2.C21H15N5O2.C3H6/c33-21(17-5-6-17)12-22-26-23-3-1-2-20(32(23)29-22)16-7-9-18(10-8-16)34-14-15-4-11-19(25-13-15)24-27-30-31-28-24;22-12-17-7-4-15(13-23-17)14-28-18-8-5-16(6-9-18)19-2-1-3-21-24-20(10-11-27)25-26(19)21;1-2-3-1/h1-4,7-11,13,17H,5-6,12,14H2,(H,27,28,30,31);1-9,11,13H,10,14H2;1-3H2. The first kappa shape index (κ1) is 41.8. The first-order valence-electron chi connectivity index (χ1n) is 21.2. The molecule has 2 aromatic carbocycles. The Morgan fingerprint density at radius 2 is 1.31 bits per heavy atom. The second-order valence-corrected chi connectivity index (χ2v) is 15.3. The molecule has 7 heterocycles. The number of H-pyrrole nitrogens is 1. The Morgan fingerprint density at radius 1 is 0.723 bits per heavy atom. The predicted octanol–water partition coefficient (Wildman–Crippen LogP) is 7.23. The summed E-state index contributed by atoms with van der Waals surface area (Å²) >= 11 is 0. The van der Waals surface area contributed by atoms with Gasteiger partial charge in [0.05, 0.1) is 24.2 Å². The summed E-state index contributed by atoms with van der Waals surface area (Å²) in [7, 11) is 0. The predicted molar refractivity (Wildman–Crippen MR) is 237 cm³/mol. The van der Waals surface area contributed by atoms with Crippen LogP contribution in [0.15, 0.2) is 122 Å². The van der Waals surface area contributed by atoms with Crippen molar-refractivity contribution >= 4 is 23.4 Å². The van der Waals surface area contributed by atoms with E-state index in [-0.39, 0.29) is 18.1 Å². The van der Waals surface area contributed by atoms with E-state index in [1.807, 2.05) is 109 Å². The number of ether oxygens (including phenoxy) is 2. The van der Waals surface area contributed by atoms with Crippen molar-refractivity contribution in [2.75, 3.05) is 0 Å². The van der Waals surface area contributed by atoms with E-state index in [2.05, 4.69) is 50.8 Å². The van der Waals surface area contributed by atoms with Crippen LogP contribution >= 0.6 is 0 Å².